The van der Waals surface area contributed by atoms with Gasteiger partial charge in [0.15, 0.2) is 0 Å². The molecule has 20 heavy (non-hydrogen) atoms. The highest BCUT2D eigenvalue weighted by Crippen LogP contribution is 2.24. The molecule has 116 valence electrons. The van der Waals surface area contributed by atoms with E-state index in [1.165, 1.54) is 12.8 Å². The molecule has 4 heteroatoms. The van der Waals surface area contributed by atoms with Gasteiger partial charge in [-0.25, -0.2) is 0 Å². The molecule has 2 atom stereocenters. The van der Waals surface area contributed by atoms with Crippen molar-refractivity contribution in [3.63, 3.8) is 0 Å². The number of carbonyl (C=O) groups excluding carboxylic acids is 1. The van der Waals surface area contributed by atoms with Crippen LogP contribution in [0.15, 0.2) is 0 Å². The Morgan fingerprint density at radius 2 is 1.75 bits per heavy atom. The van der Waals surface area contributed by atoms with Gasteiger partial charge in [0, 0.05) is 38.8 Å². The molecule has 2 rings (SSSR count). The van der Waals surface area contributed by atoms with Gasteiger partial charge >= 0.3 is 0 Å². The van der Waals surface area contributed by atoms with E-state index in [1.807, 2.05) is 0 Å². The van der Waals surface area contributed by atoms with Crippen molar-refractivity contribution in [2.75, 3.05) is 32.7 Å². The summed E-state index contributed by atoms with van der Waals surface area (Å²) in [7, 11) is 0. The number of piperazine rings is 1. The molecule has 0 aromatic heterocycles. The first kappa shape index (κ1) is 15.8. The first-order valence-corrected chi connectivity index (χ1v) is 8.34. The molecular weight excluding hydrogens is 250 g/mol. The lowest BCUT2D eigenvalue weighted by Gasteiger charge is -2.37. The third-order valence-electron chi connectivity index (χ3n) is 4.69. The SMILES string of the molecule is CC(C)CN1CCN(C(=O)C2CCCCCC2N)CC1. The monoisotopic (exact) mass is 281 g/mol. The molecule has 1 aliphatic heterocycles. The van der Waals surface area contributed by atoms with E-state index >= 15 is 0 Å². The normalized spacial score (nSPS) is 29.5. The number of nitrogens with zero attached hydrogens (tertiary/aromatic N) is 2. The minimum atomic E-state index is 0.0779. The Kier molecular flexibility index (Phi) is 5.85. The van der Waals surface area contributed by atoms with Gasteiger partial charge in [-0.05, 0) is 18.8 Å². The molecule has 0 radical (unpaired) electrons. The van der Waals surface area contributed by atoms with Crippen LogP contribution in [0.4, 0.5) is 0 Å². The molecule has 2 unspecified atom stereocenters. The lowest BCUT2D eigenvalue weighted by Crippen LogP contribution is -2.53. The van der Waals surface area contributed by atoms with Crippen molar-refractivity contribution >= 4 is 5.91 Å². The summed E-state index contributed by atoms with van der Waals surface area (Å²) in [6, 6.07) is 0.0821. The molecule has 2 N–H and O–H groups in total. The summed E-state index contributed by atoms with van der Waals surface area (Å²) in [5, 5.41) is 0. The Morgan fingerprint density at radius 3 is 2.40 bits per heavy atom. The maximum Gasteiger partial charge on any atom is 0.227 e. The Hall–Kier alpha value is -0.610. The van der Waals surface area contributed by atoms with E-state index in [9.17, 15) is 4.79 Å². The molecule has 0 aromatic carbocycles. The van der Waals surface area contributed by atoms with E-state index in [1.54, 1.807) is 0 Å². The van der Waals surface area contributed by atoms with Gasteiger partial charge in [0.2, 0.25) is 5.91 Å². The van der Waals surface area contributed by atoms with E-state index in [2.05, 4.69) is 23.6 Å². The van der Waals surface area contributed by atoms with Crippen LogP contribution >= 0.6 is 0 Å². The van der Waals surface area contributed by atoms with Crippen LogP contribution in [0.3, 0.4) is 0 Å². The first-order chi connectivity index (χ1) is 9.58. The second-order valence-electron chi connectivity index (χ2n) is 6.93. The standard InChI is InChI=1S/C16H31N3O/c1-13(2)12-18-8-10-19(11-9-18)16(20)14-6-4-3-5-7-15(14)17/h13-15H,3-12,17H2,1-2H3. The third kappa shape index (κ3) is 4.19. The zero-order valence-corrected chi connectivity index (χ0v) is 13.2. The summed E-state index contributed by atoms with van der Waals surface area (Å²) in [6.07, 6.45) is 5.60. The van der Waals surface area contributed by atoms with E-state index in [-0.39, 0.29) is 12.0 Å². The molecule has 1 saturated carbocycles. The van der Waals surface area contributed by atoms with Crippen LogP contribution in [-0.2, 0) is 4.79 Å². The maximum absolute atomic E-state index is 12.7. The summed E-state index contributed by atoms with van der Waals surface area (Å²) in [4.78, 5) is 17.2. The minimum Gasteiger partial charge on any atom is -0.340 e. The van der Waals surface area contributed by atoms with Gasteiger partial charge < -0.3 is 10.6 Å². The molecule has 1 saturated heterocycles. The molecule has 4 nitrogen and oxygen atoms in total. The summed E-state index contributed by atoms with van der Waals surface area (Å²) in [6.45, 7) is 9.45. The second-order valence-corrected chi connectivity index (χ2v) is 6.93. The summed E-state index contributed by atoms with van der Waals surface area (Å²) in [5.74, 6) is 1.10. The Bertz CT molecular complexity index is 311. The van der Waals surface area contributed by atoms with Crippen molar-refractivity contribution in [3.8, 4) is 0 Å². The van der Waals surface area contributed by atoms with E-state index in [0.717, 1.165) is 52.0 Å². The van der Waals surface area contributed by atoms with Crippen molar-refractivity contribution in [1.29, 1.82) is 0 Å². The molecule has 2 fully saturated rings. The Balaban J connectivity index is 1.84. The molecule has 2 aliphatic rings. The summed E-state index contributed by atoms with van der Waals surface area (Å²) < 4.78 is 0. The van der Waals surface area contributed by atoms with Crippen LogP contribution in [0, 0.1) is 11.8 Å². The van der Waals surface area contributed by atoms with Crippen LogP contribution < -0.4 is 5.73 Å². The summed E-state index contributed by atoms with van der Waals surface area (Å²) in [5.41, 5.74) is 6.22. The van der Waals surface area contributed by atoms with E-state index in [4.69, 9.17) is 5.73 Å². The second kappa shape index (κ2) is 7.41. The fourth-order valence-corrected chi connectivity index (χ4v) is 3.54. The molecule has 1 heterocycles. The van der Waals surface area contributed by atoms with Crippen LogP contribution in [-0.4, -0.2) is 54.5 Å². The molecule has 1 amide bonds. The smallest absolute Gasteiger partial charge is 0.227 e. The van der Waals surface area contributed by atoms with Crippen LogP contribution in [0.1, 0.15) is 46.0 Å². The van der Waals surface area contributed by atoms with Crippen LogP contribution in [0.25, 0.3) is 0 Å². The topological polar surface area (TPSA) is 49.6 Å². The van der Waals surface area contributed by atoms with Gasteiger partial charge in [-0.2, -0.15) is 0 Å². The Labute approximate surface area is 123 Å². The minimum absolute atomic E-state index is 0.0779. The molecule has 0 bridgehead atoms. The highest BCUT2D eigenvalue weighted by Gasteiger charge is 2.32. The average molecular weight is 281 g/mol. The van der Waals surface area contributed by atoms with Crippen LogP contribution in [0.5, 0.6) is 0 Å². The van der Waals surface area contributed by atoms with Crippen molar-refractivity contribution in [3.05, 3.63) is 0 Å². The lowest BCUT2D eigenvalue weighted by molar-refractivity contribution is -0.138. The number of hydrogen-bond acceptors (Lipinski definition) is 3. The van der Waals surface area contributed by atoms with Crippen molar-refractivity contribution in [2.24, 2.45) is 17.6 Å². The fraction of sp³-hybridized carbons (Fsp3) is 0.938. The molecule has 0 aromatic rings. The predicted octanol–water partition coefficient (Wildman–Crippen LogP) is 1.69. The predicted molar refractivity (Wildman–Crippen MR) is 82.4 cm³/mol. The zero-order valence-electron chi connectivity index (χ0n) is 13.2. The maximum atomic E-state index is 12.7. The van der Waals surface area contributed by atoms with Gasteiger partial charge in [0.05, 0.1) is 5.92 Å². The molecule has 0 spiro atoms. The summed E-state index contributed by atoms with van der Waals surface area (Å²) >= 11 is 0. The molecular formula is C16H31N3O. The van der Waals surface area contributed by atoms with Gasteiger partial charge in [0.1, 0.15) is 0 Å². The largest absolute Gasteiger partial charge is 0.340 e. The average Bonchev–Trinajstić information content (AvgIpc) is 2.63. The highest BCUT2D eigenvalue weighted by molar-refractivity contribution is 5.79. The number of nitrogens with two attached hydrogens (primary N) is 1. The van der Waals surface area contributed by atoms with Crippen molar-refractivity contribution in [1.82, 2.24) is 9.80 Å². The molecule has 1 aliphatic carbocycles. The van der Waals surface area contributed by atoms with Gasteiger partial charge in [-0.1, -0.05) is 33.1 Å². The number of carbonyl (C=O) groups is 1. The van der Waals surface area contributed by atoms with Crippen LogP contribution in [0.2, 0.25) is 0 Å². The number of rotatable bonds is 3. The number of hydrogen-bond donors (Lipinski definition) is 1. The van der Waals surface area contributed by atoms with E-state index in [0.29, 0.717) is 11.8 Å². The van der Waals surface area contributed by atoms with Gasteiger partial charge in [-0.15, -0.1) is 0 Å². The van der Waals surface area contributed by atoms with E-state index < -0.39 is 0 Å². The Morgan fingerprint density at radius 1 is 1.10 bits per heavy atom. The number of amides is 1. The quantitative estimate of drug-likeness (QED) is 0.801. The first-order valence-electron chi connectivity index (χ1n) is 8.34. The zero-order chi connectivity index (χ0) is 14.5. The van der Waals surface area contributed by atoms with Crippen molar-refractivity contribution in [2.45, 2.75) is 52.0 Å². The fourth-order valence-electron chi connectivity index (χ4n) is 3.54. The third-order valence-corrected chi connectivity index (χ3v) is 4.69. The van der Waals surface area contributed by atoms with Gasteiger partial charge in [-0.3, -0.25) is 9.69 Å². The lowest BCUT2D eigenvalue weighted by atomic mass is 9.93. The van der Waals surface area contributed by atoms with Gasteiger partial charge in [0.25, 0.3) is 0 Å². The van der Waals surface area contributed by atoms with Crippen molar-refractivity contribution < 1.29 is 4.79 Å². The highest BCUT2D eigenvalue weighted by atomic mass is 16.2.